The second-order valence-electron chi connectivity index (χ2n) is 7.19. The molecule has 3 aromatic rings. The number of amides is 1. The number of piperidine rings is 1. The molecule has 4 rings (SSSR count). The highest BCUT2D eigenvalue weighted by molar-refractivity contribution is 7.99. The Balaban J connectivity index is 1.52. The molecule has 1 aliphatic heterocycles. The zero-order valence-electron chi connectivity index (χ0n) is 16.9. The van der Waals surface area contributed by atoms with E-state index >= 15 is 0 Å². The summed E-state index contributed by atoms with van der Waals surface area (Å²) in [5.74, 6) is 0.732. The van der Waals surface area contributed by atoms with Gasteiger partial charge in [-0.05, 0) is 37.8 Å². The fourth-order valence-corrected chi connectivity index (χ4v) is 5.26. The molecular weight excluding hydrogens is 422 g/mol. The van der Waals surface area contributed by atoms with Crippen LogP contribution in [0.3, 0.4) is 0 Å². The molecule has 1 aliphatic rings. The molecule has 4 heterocycles. The maximum Gasteiger partial charge on any atom is 0.273 e. The van der Waals surface area contributed by atoms with Crippen LogP contribution in [0.4, 0.5) is 5.13 Å². The van der Waals surface area contributed by atoms with Gasteiger partial charge in [-0.15, -0.1) is 0 Å². The van der Waals surface area contributed by atoms with Gasteiger partial charge < -0.3 is 14.6 Å². The van der Waals surface area contributed by atoms with Crippen molar-refractivity contribution >= 4 is 44.5 Å². The lowest BCUT2D eigenvalue weighted by atomic mass is 10.1. The van der Waals surface area contributed by atoms with Crippen LogP contribution in [0.25, 0.3) is 10.3 Å². The van der Waals surface area contributed by atoms with Gasteiger partial charge in [0.1, 0.15) is 10.5 Å². The molecule has 160 valence electrons. The number of nitrogens with zero attached hydrogens (tertiary/aromatic N) is 4. The average Bonchev–Trinajstić information content (AvgIpc) is 3.44. The van der Waals surface area contributed by atoms with Crippen molar-refractivity contribution in [3.05, 3.63) is 34.5 Å². The summed E-state index contributed by atoms with van der Waals surface area (Å²) in [7, 11) is 0. The third-order valence-corrected chi connectivity index (χ3v) is 6.99. The van der Waals surface area contributed by atoms with Gasteiger partial charge in [0, 0.05) is 19.6 Å². The second kappa shape index (κ2) is 9.65. The Kier molecular flexibility index (Phi) is 6.73. The van der Waals surface area contributed by atoms with Crippen molar-refractivity contribution in [2.75, 3.05) is 23.7 Å². The largest absolute Gasteiger partial charge is 0.467 e. The summed E-state index contributed by atoms with van der Waals surface area (Å²) in [5.41, 5.74) is 0.414. The van der Waals surface area contributed by atoms with E-state index in [1.54, 1.807) is 16.9 Å². The number of aromatic nitrogens is 3. The zero-order valence-corrected chi connectivity index (χ0v) is 18.6. The quantitative estimate of drug-likeness (QED) is 0.418. The minimum absolute atomic E-state index is 0.0684. The predicted molar refractivity (Wildman–Crippen MR) is 119 cm³/mol. The van der Waals surface area contributed by atoms with Crippen molar-refractivity contribution < 1.29 is 9.21 Å². The van der Waals surface area contributed by atoms with Crippen molar-refractivity contribution in [3.8, 4) is 0 Å². The highest BCUT2D eigenvalue weighted by Crippen LogP contribution is 2.29. The fraction of sp³-hybridized carbons (Fsp3) is 0.500. The highest BCUT2D eigenvalue weighted by Gasteiger charge is 2.20. The molecule has 0 aliphatic carbocycles. The number of thioether (sulfide) groups is 1. The molecule has 10 heteroatoms. The van der Waals surface area contributed by atoms with E-state index in [2.05, 4.69) is 20.2 Å². The maximum atomic E-state index is 13.1. The van der Waals surface area contributed by atoms with E-state index in [0.29, 0.717) is 34.4 Å². The minimum Gasteiger partial charge on any atom is -0.467 e. The molecule has 0 atom stereocenters. The van der Waals surface area contributed by atoms with E-state index in [-0.39, 0.29) is 17.2 Å². The molecule has 0 aromatic carbocycles. The number of carbonyl (C=O) groups is 1. The third-order valence-electron chi connectivity index (χ3n) is 4.92. The van der Waals surface area contributed by atoms with Crippen LogP contribution < -0.4 is 15.8 Å². The minimum atomic E-state index is -0.138. The molecule has 1 saturated heterocycles. The van der Waals surface area contributed by atoms with Gasteiger partial charge in [0.05, 0.1) is 18.6 Å². The number of fused-ring (bicyclic) bond motifs is 1. The molecule has 0 radical (unpaired) electrons. The molecule has 3 aromatic heterocycles. The van der Waals surface area contributed by atoms with Gasteiger partial charge in [-0.25, -0.2) is 4.98 Å². The molecule has 8 nitrogen and oxygen atoms in total. The highest BCUT2D eigenvalue weighted by atomic mass is 32.2. The van der Waals surface area contributed by atoms with Gasteiger partial charge in [-0.2, -0.15) is 4.98 Å². The number of thiazole rings is 1. The lowest BCUT2D eigenvalue weighted by molar-refractivity contribution is -0.118. The Morgan fingerprint density at radius 1 is 1.30 bits per heavy atom. The lowest BCUT2D eigenvalue weighted by Crippen LogP contribution is -2.29. The van der Waals surface area contributed by atoms with Crippen LogP contribution in [0, 0.1) is 0 Å². The SMILES string of the molecule is CCCn1c(SCC(=O)NCc2ccco2)nc2nc(N3CCCCC3)sc2c1=O. The number of anilines is 1. The van der Waals surface area contributed by atoms with Gasteiger partial charge >= 0.3 is 0 Å². The first-order valence-corrected chi connectivity index (χ1v) is 12.0. The Hall–Kier alpha value is -2.33. The Morgan fingerprint density at radius 3 is 2.87 bits per heavy atom. The molecule has 0 unspecified atom stereocenters. The summed E-state index contributed by atoms with van der Waals surface area (Å²) in [5, 5.41) is 4.23. The molecule has 1 amide bonds. The van der Waals surface area contributed by atoms with Crippen molar-refractivity contribution in [2.45, 2.75) is 50.9 Å². The summed E-state index contributed by atoms with van der Waals surface area (Å²) >= 11 is 2.70. The topological polar surface area (TPSA) is 93.3 Å². The summed E-state index contributed by atoms with van der Waals surface area (Å²) in [6.07, 6.45) is 5.93. The lowest BCUT2D eigenvalue weighted by Gasteiger charge is -2.25. The molecule has 30 heavy (non-hydrogen) atoms. The number of rotatable bonds is 8. The summed E-state index contributed by atoms with van der Waals surface area (Å²) in [6, 6.07) is 3.59. The average molecular weight is 448 g/mol. The molecular formula is C20H25N5O3S2. The van der Waals surface area contributed by atoms with E-state index in [1.165, 1.54) is 29.5 Å². The van der Waals surface area contributed by atoms with E-state index in [9.17, 15) is 9.59 Å². The predicted octanol–water partition coefficient (Wildman–Crippen LogP) is 3.25. The van der Waals surface area contributed by atoms with Gasteiger partial charge in [-0.1, -0.05) is 30.0 Å². The standard InChI is InChI=1S/C20H25N5O3S2/c1-2-8-25-18(27)16-17(22-19(30-16)24-9-4-3-5-10-24)23-20(25)29-13-15(26)21-12-14-7-6-11-28-14/h6-7,11H,2-5,8-10,12-13H2,1H3,(H,21,26). The van der Waals surface area contributed by atoms with E-state index in [0.717, 1.165) is 37.5 Å². The van der Waals surface area contributed by atoms with E-state index in [4.69, 9.17) is 4.42 Å². The summed E-state index contributed by atoms with van der Waals surface area (Å²) in [6.45, 7) is 4.87. The first kappa shape index (κ1) is 20.9. The van der Waals surface area contributed by atoms with Gasteiger partial charge in [-0.3, -0.25) is 14.2 Å². The number of hydrogen-bond donors (Lipinski definition) is 1. The van der Waals surface area contributed by atoms with Crippen LogP contribution >= 0.6 is 23.1 Å². The maximum absolute atomic E-state index is 13.1. The molecule has 0 spiro atoms. The number of hydrogen-bond acceptors (Lipinski definition) is 8. The Labute approximate surface area is 182 Å². The monoisotopic (exact) mass is 447 g/mol. The first-order chi connectivity index (χ1) is 14.7. The normalized spacial score (nSPS) is 14.4. The fourth-order valence-electron chi connectivity index (χ4n) is 3.41. The van der Waals surface area contributed by atoms with Crippen LogP contribution in [0.2, 0.25) is 0 Å². The van der Waals surface area contributed by atoms with Gasteiger partial charge in [0.15, 0.2) is 15.9 Å². The van der Waals surface area contributed by atoms with Crippen molar-refractivity contribution in [1.82, 2.24) is 19.9 Å². The number of furan rings is 1. The van der Waals surface area contributed by atoms with Crippen LogP contribution in [0.15, 0.2) is 32.8 Å². The van der Waals surface area contributed by atoms with E-state index < -0.39 is 0 Å². The number of nitrogens with one attached hydrogen (secondary N) is 1. The molecule has 1 N–H and O–H groups in total. The number of carbonyl (C=O) groups excluding carboxylic acids is 1. The van der Waals surface area contributed by atoms with Crippen LogP contribution in [-0.4, -0.2) is 39.3 Å². The Morgan fingerprint density at radius 2 is 2.13 bits per heavy atom. The Bertz CT molecular complexity index is 1050. The van der Waals surface area contributed by atoms with Crippen molar-refractivity contribution in [2.24, 2.45) is 0 Å². The molecule has 0 bridgehead atoms. The zero-order chi connectivity index (χ0) is 20.9. The molecule has 0 saturated carbocycles. The summed E-state index contributed by atoms with van der Waals surface area (Å²) < 4.78 is 7.49. The van der Waals surface area contributed by atoms with Crippen LogP contribution in [0.5, 0.6) is 0 Å². The van der Waals surface area contributed by atoms with Gasteiger partial charge in [0.2, 0.25) is 5.91 Å². The molecule has 1 fully saturated rings. The van der Waals surface area contributed by atoms with Gasteiger partial charge in [0.25, 0.3) is 5.56 Å². The first-order valence-electron chi connectivity index (χ1n) is 10.2. The van der Waals surface area contributed by atoms with E-state index in [1.807, 2.05) is 13.0 Å². The van der Waals surface area contributed by atoms with Crippen LogP contribution in [-0.2, 0) is 17.9 Å². The van der Waals surface area contributed by atoms with Crippen molar-refractivity contribution in [3.63, 3.8) is 0 Å². The second-order valence-corrected chi connectivity index (χ2v) is 9.11. The van der Waals surface area contributed by atoms with Crippen LogP contribution in [0.1, 0.15) is 38.4 Å². The third kappa shape index (κ3) is 4.70. The smallest absolute Gasteiger partial charge is 0.273 e. The van der Waals surface area contributed by atoms with Crippen molar-refractivity contribution in [1.29, 1.82) is 0 Å². The summed E-state index contributed by atoms with van der Waals surface area (Å²) in [4.78, 5) is 36.9.